The molecule has 6 heteroatoms. The highest BCUT2D eigenvalue weighted by Crippen LogP contribution is 2.28. The summed E-state index contributed by atoms with van der Waals surface area (Å²) in [7, 11) is 0. The van der Waals surface area contributed by atoms with Gasteiger partial charge in [0.15, 0.2) is 5.82 Å². The summed E-state index contributed by atoms with van der Waals surface area (Å²) in [4.78, 5) is 17.2. The van der Waals surface area contributed by atoms with Crippen molar-refractivity contribution < 1.29 is 4.79 Å². The molecule has 0 spiro atoms. The minimum absolute atomic E-state index is 0.0533. The number of aryl methyl sites for hydroxylation is 1. The van der Waals surface area contributed by atoms with Crippen molar-refractivity contribution in [3.63, 3.8) is 0 Å². The van der Waals surface area contributed by atoms with Gasteiger partial charge in [-0.1, -0.05) is 73.6 Å². The summed E-state index contributed by atoms with van der Waals surface area (Å²) in [6.45, 7) is 8.24. The van der Waals surface area contributed by atoms with Crippen LogP contribution in [0.25, 0.3) is 11.4 Å². The summed E-state index contributed by atoms with van der Waals surface area (Å²) in [6.07, 6.45) is 1.02. The molecule has 3 rings (SSSR count). The highest BCUT2D eigenvalue weighted by molar-refractivity contribution is 8.00. The first-order chi connectivity index (χ1) is 13.5. The fourth-order valence-corrected chi connectivity index (χ4v) is 3.57. The van der Waals surface area contributed by atoms with Crippen LogP contribution >= 0.6 is 11.8 Å². The highest BCUT2D eigenvalue weighted by atomic mass is 32.2. The maximum Gasteiger partial charge on any atom is 0.237 e. The summed E-state index contributed by atoms with van der Waals surface area (Å²) in [5.74, 6) is 1.05. The molecular weight excluding hydrogens is 368 g/mol. The molecule has 0 aliphatic carbocycles. The van der Waals surface area contributed by atoms with Crippen molar-refractivity contribution in [2.75, 3.05) is 5.32 Å². The molecule has 2 N–H and O–H groups in total. The van der Waals surface area contributed by atoms with E-state index in [-0.39, 0.29) is 11.2 Å². The first-order valence-corrected chi connectivity index (χ1v) is 10.4. The number of para-hydroxylation sites is 1. The molecular formula is C22H26N4OS. The minimum Gasteiger partial charge on any atom is -0.325 e. The zero-order valence-corrected chi connectivity index (χ0v) is 17.5. The third-order valence-corrected chi connectivity index (χ3v) is 5.76. The molecule has 2 aromatic carbocycles. The molecule has 1 aromatic heterocycles. The lowest BCUT2D eigenvalue weighted by Gasteiger charge is -2.17. The molecule has 0 saturated heterocycles. The molecule has 5 nitrogen and oxygen atoms in total. The number of aromatic nitrogens is 3. The highest BCUT2D eigenvalue weighted by Gasteiger charge is 2.19. The third kappa shape index (κ3) is 4.81. The summed E-state index contributed by atoms with van der Waals surface area (Å²) < 4.78 is 0. The van der Waals surface area contributed by atoms with Gasteiger partial charge in [-0.15, -0.1) is 5.10 Å². The fourth-order valence-electron chi connectivity index (χ4n) is 2.85. The normalized spacial score (nSPS) is 13.1. The molecule has 0 saturated carbocycles. The van der Waals surface area contributed by atoms with Crippen LogP contribution in [0.4, 0.5) is 5.69 Å². The number of rotatable bonds is 7. The van der Waals surface area contributed by atoms with Crippen LogP contribution in [-0.4, -0.2) is 26.3 Å². The van der Waals surface area contributed by atoms with Crippen LogP contribution in [0.1, 0.15) is 44.2 Å². The first-order valence-electron chi connectivity index (χ1n) is 9.53. The number of nitrogens with one attached hydrogen (secondary N) is 2. The number of benzene rings is 2. The van der Waals surface area contributed by atoms with Gasteiger partial charge in [-0.2, -0.15) is 0 Å². The van der Waals surface area contributed by atoms with Crippen molar-refractivity contribution in [1.29, 1.82) is 0 Å². The van der Waals surface area contributed by atoms with Crippen LogP contribution in [-0.2, 0) is 4.79 Å². The number of amides is 1. The van der Waals surface area contributed by atoms with Crippen molar-refractivity contribution in [2.45, 2.75) is 50.4 Å². The van der Waals surface area contributed by atoms with Gasteiger partial charge < -0.3 is 5.32 Å². The smallest absolute Gasteiger partial charge is 0.237 e. The van der Waals surface area contributed by atoms with E-state index in [2.05, 4.69) is 40.4 Å². The fraction of sp³-hybridized carbons (Fsp3) is 0.318. The molecule has 0 unspecified atom stereocenters. The SMILES string of the molecule is CC[C@H](C)c1ccccc1NC(=O)[C@H](C)Sc1n[nH]c(-c2ccc(C)cc2)n1. The number of carbonyl (C=O) groups excluding carboxylic acids is 1. The van der Waals surface area contributed by atoms with Crippen molar-refractivity contribution in [1.82, 2.24) is 15.2 Å². The van der Waals surface area contributed by atoms with E-state index in [1.807, 2.05) is 56.3 Å². The minimum atomic E-state index is -0.313. The lowest BCUT2D eigenvalue weighted by atomic mass is 9.97. The largest absolute Gasteiger partial charge is 0.325 e. The average molecular weight is 395 g/mol. The van der Waals surface area contributed by atoms with Crippen LogP contribution in [0.3, 0.4) is 0 Å². The monoisotopic (exact) mass is 394 g/mol. The zero-order valence-electron chi connectivity index (χ0n) is 16.7. The van der Waals surface area contributed by atoms with Crippen LogP contribution in [0, 0.1) is 6.92 Å². The molecule has 2 atom stereocenters. The van der Waals surface area contributed by atoms with E-state index in [0.29, 0.717) is 16.9 Å². The predicted octanol–water partition coefficient (Wildman–Crippen LogP) is 5.41. The van der Waals surface area contributed by atoms with Crippen LogP contribution < -0.4 is 5.32 Å². The van der Waals surface area contributed by atoms with Gasteiger partial charge in [-0.3, -0.25) is 9.89 Å². The van der Waals surface area contributed by atoms with E-state index < -0.39 is 0 Å². The predicted molar refractivity (Wildman–Crippen MR) is 116 cm³/mol. The van der Waals surface area contributed by atoms with E-state index >= 15 is 0 Å². The number of hydrogen-bond acceptors (Lipinski definition) is 4. The topological polar surface area (TPSA) is 70.7 Å². The molecule has 3 aromatic rings. The standard InChI is InChI=1S/C22H26N4OS/c1-5-15(3)18-8-6-7-9-19(18)23-21(27)16(4)28-22-24-20(25-26-22)17-12-10-14(2)11-13-17/h6-13,15-16H,5H2,1-4H3,(H,23,27)(H,24,25,26)/t15-,16-/m0/s1. The Hall–Kier alpha value is -2.60. The molecule has 0 radical (unpaired) electrons. The quantitative estimate of drug-likeness (QED) is 0.525. The van der Waals surface area contributed by atoms with Crippen LogP contribution in [0.5, 0.6) is 0 Å². The third-order valence-electron chi connectivity index (χ3n) is 4.80. The Morgan fingerprint density at radius 1 is 1.14 bits per heavy atom. The number of hydrogen-bond donors (Lipinski definition) is 2. The van der Waals surface area contributed by atoms with Gasteiger partial charge >= 0.3 is 0 Å². The van der Waals surface area contributed by atoms with Gasteiger partial charge in [0.2, 0.25) is 11.1 Å². The van der Waals surface area contributed by atoms with Crippen molar-refractivity contribution in [3.8, 4) is 11.4 Å². The summed E-state index contributed by atoms with van der Waals surface area (Å²) in [5, 5.41) is 10.5. The summed E-state index contributed by atoms with van der Waals surface area (Å²) in [6, 6.07) is 16.1. The van der Waals surface area contributed by atoms with Gasteiger partial charge in [0.1, 0.15) is 0 Å². The Kier molecular flexibility index (Phi) is 6.52. The van der Waals surface area contributed by atoms with Gasteiger partial charge in [-0.25, -0.2) is 4.98 Å². The molecule has 0 fully saturated rings. The molecule has 146 valence electrons. The van der Waals surface area contributed by atoms with Gasteiger partial charge in [0.25, 0.3) is 0 Å². The maximum atomic E-state index is 12.7. The zero-order chi connectivity index (χ0) is 20.1. The Morgan fingerprint density at radius 3 is 2.57 bits per heavy atom. The second-order valence-electron chi connectivity index (χ2n) is 6.98. The number of anilines is 1. The number of nitrogens with zero attached hydrogens (tertiary/aromatic N) is 2. The molecule has 1 heterocycles. The molecule has 28 heavy (non-hydrogen) atoms. The van der Waals surface area contributed by atoms with Crippen LogP contribution in [0.15, 0.2) is 53.7 Å². The lowest BCUT2D eigenvalue weighted by molar-refractivity contribution is -0.115. The molecule has 0 aliphatic rings. The van der Waals surface area contributed by atoms with E-state index in [0.717, 1.165) is 23.2 Å². The second kappa shape index (κ2) is 9.06. The molecule has 0 bridgehead atoms. The van der Waals surface area contributed by atoms with Crippen LogP contribution in [0.2, 0.25) is 0 Å². The number of thioether (sulfide) groups is 1. The summed E-state index contributed by atoms with van der Waals surface area (Å²) in [5.41, 5.74) is 4.21. The van der Waals surface area contributed by atoms with Crippen molar-refractivity contribution in [2.24, 2.45) is 0 Å². The first kappa shape index (κ1) is 20.1. The van der Waals surface area contributed by atoms with Crippen molar-refractivity contribution >= 4 is 23.4 Å². The van der Waals surface area contributed by atoms with E-state index in [4.69, 9.17) is 0 Å². The molecule has 1 amide bonds. The van der Waals surface area contributed by atoms with Gasteiger partial charge in [0.05, 0.1) is 5.25 Å². The maximum absolute atomic E-state index is 12.7. The van der Waals surface area contributed by atoms with E-state index in [9.17, 15) is 4.79 Å². The summed E-state index contributed by atoms with van der Waals surface area (Å²) >= 11 is 1.34. The Labute approximate surface area is 170 Å². The van der Waals surface area contributed by atoms with E-state index in [1.165, 1.54) is 17.3 Å². The number of aromatic amines is 1. The van der Waals surface area contributed by atoms with Gasteiger partial charge in [0, 0.05) is 11.3 Å². The second-order valence-corrected chi connectivity index (χ2v) is 8.29. The van der Waals surface area contributed by atoms with Crippen molar-refractivity contribution in [3.05, 3.63) is 59.7 Å². The lowest BCUT2D eigenvalue weighted by Crippen LogP contribution is -2.23. The molecule has 0 aliphatic heterocycles. The number of H-pyrrole nitrogens is 1. The van der Waals surface area contributed by atoms with E-state index in [1.54, 1.807) is 0 Å². The Balaban J connectivity index is 1.66. The average Bonchev–Trinajstić information content (AvgIpc) is 3.16. The Bertz CT molecular complexity index is 936. The number of carbonyl (C=O) groups is 1. The Morgan fingerprint density at radius 2 is 1.86 bits per heavy atom. The van der Waals surface area contributed by atoms with Gasteiger partial charge in [-0.05, 0) is 37.8 Å².